The number of hydrogen-bond donors (Lipinski definition) is 3. The third-order valence-electron chi connectivity index (χ3n) is 3.30. The van der Waals surface area contributed by atoms with Gasteiger partial charge in [0.05, 0.1) is 6.04 Å². The molecule has 0 radical (unpaired) electrons. The average molecular weight is 268 g/mol. The van der Waals surface area contributed by atoms with Crippen LogP contribution in [-0.4, -0.2) is 21.6 Å². The van der Waals surface area contributed by atoms with E-state index in [4.69, 9.17) is 5.73 Å². The Labute approximate surface area is 116 Å². The van der Waals surface area contributed by atoms with E-state index in [1.54, 1.807) is 17.1 Å². The summed E-state index contributed by atoms with van der Waals surface area (Å²) < 4.78 is 1.59. The summed E-state index contributed by atoms with van der Waals surface area (Å²) >= 11 is 0. The third-order valence-corrected chi connectivity index (χ3v) is 3.30. The van der Waals surface area contributed by atoms with E-state index in [0.717, 1.165) is 16.5 Å². The highest BCUT2D eigenvalue weighted by molar-refractivity contribution is 5.90. The van der Waals surface area contributed by atoms with E-state index in [0.29, 0.717) is 6.42 Å². The molecule has 0 saturated heterocycles. The quantitative estimate of drug-likeness (QED) is 0.672. The Morgan fingerprint density at radius 2 is 2.00 bits per heavy atom. The zero-order valence-electron chi connectivity index (χ0n) is 10.9. The lowest BCUT2D eigenvalue weighted by atomic mass is 10.1. The summed E-state index contributed by atoms with van der Waals surface area (Å²) in [5.41, 5.74) is 10.8. The lowest BCUT2D eigenvalue weighted by Gasteiger charge is -2.12. The number of nitrogens with two attached hydrogens (primary N) is 1. The van der Waals surface area contributed by atoms with Gasteiger partial charge in [0.25, 0.3) is 5.91 Å². The predicted molar refractivity (Wildman–Crippen MR) is 78.8 cm³/mol. The molecule has 5 heteroatoms. The van der Waals surface area contributed by atoms with Crippen molar-refractivity contribution in [2.24, 2.45) is 5.73 Å². The number of H-pyrrole nitrogens is 1. The number of rotatable bonds is 4. The van der Waals surface area contributed by atoms with Crippen molar-refractivity contribution in [2.45, 2.75) is 12.5 Å². The van der Waals surface area contributed by atoms with Gasteiger partial charge in [-0.1, -0.05) is 18.2 Å². The fourth-order valence-electron chi connectivity index (χ4n) is 2.25. The number of benzene rings is 1. The second-order valence-electron chi connectivity index (χ2n) is 4.74. The van der Waals surface area contributed by atoms with Crippen molar-refractivity contribution >= 4 is 16.8 Å². The smallest absolute Gasteiger partial charge is 0.256 e. The Kier molecular flexibility index (Phi) is 3.26. The van der Waals surface area contributed by atoms with Gasteiger partial charge in [-0.05, 0) is 30.2 Å². The highest BCUT2D eigenvalue weighted by Gasteiger charge is 2.16. The zero-order valence-corrected chi connectivity index (χ0v) is 10.9. The van der Waals surface area contributed by atoms with Crippen LogP contribution in [0.25, 0.3) is 10.9 Å². The number of carbonyl (C=O) groups is 1. The molecule has 0 aliphatic carbocycles. The van der Waals surface area contributed by atoms with Gasteiger partial charge >= 0.3 is 0 Å². The summed E-state index contributed by atoms with van der Waals surface area (Å²) in [5, 5.41) is 1.11. The summed E-state index contributed by atoms with van der Waals surface area (Å²) in [5.74, 6) is -0.202. The first-order chi connectivity index (χ1) is 9.74. The topological polar surface area (TPSA) is 75.8 Å². The van der Waals surface area contributed by atoms with Gasteiger partial charge in [-0.25, -0.2) is 0 Å². The Balaban J connectivity index is 1.72. The van der Waals surface area contributed by atoms with Crippen molar-refractivity contribution < 1.29 is 4.79 Å². The van der Waals surface area contributed by atoms with Crippen LogP contribution in [0.3, 0.4) is 0 Å². The van der Waals surface area contributed by atoms with Crippen molar-refractivity contribution in [2.75, 3.05) is 5.43 Å². The maximum atomic E-state index is 12.0. The number of hydrogen-bond acceptors (Lipinski definition) is 2. The van der Waals surface area contributed by atoms with Gasteiger partial charge in [0, 0.05) is 29.5 Å². The van der Waals surface area contributed by atoms with Crippen LogP contribution < -0.4 is 11.2 Å². The number of amides is 1. The number of fused-ring (bicyclic) bond motifs is 1. The van der Waals surface area contributed by atoms with E-state index in [9.17, 15) is 4.79 Å². The molecule has 0 bridgehead atoms. The fraction of sp³-hybridized carbons (Fsp3) is 0.133. The van der Waals surface area contributed by atoms with E-state index < -0.39 is 6.04 Å². The average Bonchev–Trinajstić information content (AvgIpc) is 3.09. The van der Waals surface area contributed by atoms with Crippen LogP contribution in [0, 0.1) is 0 Å². The summed E-state index contributed by atoms with van der Waals surface area (Å²) in [6, 6.07) is 11.1. The second-order valence-corrected chi connectivity index (χ2v) is 4.74. The van der Waals surface area contributed by atoms with Gasteiger partial charge in [-0.3, -0.25) is 14.9 Å². The Morgan fingerprint density at radius 1 is 1.25 bits per heavy atom. The lowest BCUT2D eigenvalue weighted by Crippen LogP contribution is -2.40. The van der Waals surface area contributed by atoms with Crippen LogP contribution in [-0.2, 0) is 11.2 Å². The summed E-state index contributed by atoms with van der Waals surface area (Å²) in [6.07, 6.45) is 5.93. The first-order valence-electron chi connectivity index (χ1n) is 6.48. The van der Waals surface area contributed by atoms with Crippen LogP contribution >= 0.6 is 0 Å². The molecule has 1 amide bonds. The van der Waals surface area contributed by atoms with Crippen LogP contribution in [0.5, 0.6) is 0 Å². The first-order valence-corrected chi connectivity index (χ1v) is 6.48. The maximum Gasteiger partial charge on any atom is 0.256 e. The SMILES string of the molecule is NC(Cc1c[nH]c2ccccc12)C(=O)Nn1cccc1. The molecule has 1 atom stereocenters. The largest absolute Gasteiger partial charge is 0.361 e. The molecule has 0 saturated carbocycles. The second kappa shape index (κ2) is 5.22. The summed E-state index contributed by atoms with van der Waals surface area (Å²) in [4.78, 5) is 15.2. The zero-order chi connectivity index (χ0) is 13.9. The molecule has 1 unspecified atom stereocenters. The normalized spacial score (nSPS) is 12.4. The van der Waals surface area contributed by atoms with Gasteiger partial charge in [-0.2, -0.15) is 0 Å². The molecule has 5 nitrogen and oxygen atoms in total. The standard InChI is InChI=1S/C15H16N4O/c16-13(15(20)18-19-7-3-4-8-19)9-11-10-17-14-6-2-1-5-12(11)14/h1-8,10,13,17H,9,16H2,(H,18,20). The number of aromatic amines is 1. The fourth-order valence-corrected chi connectivity index (χ4v) is 2.25. The minimum absolute atomic E-state index is 0.202. The molecule has 2 aromatic heterocycles. The summed E-state index contributed by atoms with van der Waals surface area (Å²) in [7, 11) is 0. The van der Waals surface area contributed by atoms with E-state index >= 15 is 0 Å². The molecule has 0 spiro atoms. The number of nitrogens with one attached hydrogen (secondary N) is 2. The molecule has 20 heavy (non-hydrogen) atoms. The van der Waals surface area contributed by atoms with Gasteiger partial charge in [-0.15, -0.1) is 0 Å². The monoisotopic (exact) mass is 268 g/mol. The van der Waals surface area contributed by atoms with Crippen LogP contribution in [0.1, 0.15) is 5.56 Å². The Hall–Kier alpha value is -2.53. The third kappa shape index (κ3) is 2.44. The van der Waals surface area contributed by atoms with E-state index in [-0.39, 0.29) is 5.91 Å². The maximum absolute atomic E-state index is 12.0. The number of nitrogens with zero attached hydrogens (tertiary/aromatic N) is 1. The van der Waals surface area contributed by atoms with Gasteiger partial charge in [0.1, 0.15) is 0 Å². The van der Waals surface area contributed by atoms with E-state index in [1.807, 2.05) is 42.6 Å². The predicted octanol–water partition coefficient (Wildman–Crippen LogP) is 1.61. The first kappa shape index (κ1) is 12.5. The van der Waals surface area contributed by atoms with E-state index in [1.165, 1.54) is 0 Å². The molecule has 0 aliphatic heterocycles. The lowest BCUT2D eigenvalue weighted by molar-refractivity contribution is -0.118. The Morgan fingerprint density at radius 3 is 2.80 bits per heavy atom. The van der Waals surface area contributed by atoms with Crippen LogP contribution in [0.15, 0.2) is 55.0 Å². The minimum atomic E-state index is -0.586. The molecule has 2 heterocycles. The highest BCUT2D eigenvalue weighted by atomic mass is 16.2. The van der Waals surface area contributed by atoms with Crippen molar-refractivity contribution in [1.29, 1.82) is 0 Å². The molecule has 3 rings (SSSR count). The van der Waals surface area contributed by atoms with Crippen molar-refractivity contribution in [3.8, 4) is 0 Å². The minimum Gasteiger partial charge on any atom is -0.361 e. The Bertz CT molecular complexity index is 714. The van der Waals surface area contributed by atoms with Crippen molar-refractivity contribution in [1.82, 2.24) is 9.66 Å². The van der Waals surface area contributed by atoms with Crippen LogP contribution in [0.4, 0.5) is 0 Å². The van der Waals surface area contributed by atoms with Gasteiger partial charge < -0.3 is 10.7 Å². The molecule has 1 aromatic carbocycles. The number of aromatic nitrogens is 2. The number of para-hydroxylation sites is 1. The molecule has 3 aromatic rings. The molecule has 0 fully saturated rings. The molecule has 4 N–H and O–H groups in total. The van der Waals surface area contributed by atoms with Crippen LogP contribution in [0.2, 0.25) is 0 Å². The molecular weight excluding hydrogens is 252 g/mol. The highest BCUT2D eigenvalue weighted by Crippen LogP contribution is 2.18. The molecule has 102 valence electrons. The molecular formula is C15H16N4O. The summed E-state index contributed by atoms with van der Waals surface area (Å²) in [6.45, 7) is 0. The van der Waals surface area contributed by atoms with Crippen molar-refractivity contribution in [3.05, 3.63) is 60.6 Å². The number of carbonyl (C=O) groups excluding carboxylic acids is 1. The van der Waals surface area contributed by atoms with Gasteiger partial charge in [0.2, 0.25) is 0 Å². The van der Waals surface area contributed by atoms with Crippen molar-refractivity contribution in [3.63, 3.8) is 0 Å². The molecule has 0 aliphatic rings. The van der Waals surface area contributed by atoms with Gasteiger partial charge in [0.15, 0.2) is 0 Å². The van der Waals surface area contributed by atoms with E-state index in [2.05, 4.69) is 10.4 Å².